The van der Waals surface area contributed by atoms with Gasteiger partial charge in [0.25, 0.3) is 5.91 Å². The maximum Gasteiger partial charge on any atom is 0.271 e. The summed E-state index contributed by atoms with van der Waals surface area (Å²) in [5, 5.41) is 14.1. The van der Waals surface area contributed by atoms with Crippen LogP contribution >= 0.6 is 11.3 Å². The zero-order valence-electron chi connectivity index (χ0n) is 9.80. The SMILES string of the molecule is Cc1nc(C(=O)NCc2cccc(C#N)c2)cs1. The Morgan fingerprint density at radius 1 is 1.56 bits per heavy atom. The lowest BCUT2D eigenvalue weighted by molar-refractivity contribution is 0.0946. The van der Waals surface area contributed by atoms with E-state index in [1.807, 2.05) is 13.0 Å². The van der Waals surface area contributed by atoms with Gasteiger partial charge in [-0.25, -0.2) is 4.98 Å². The first-order valence-electron chi connectivity index (χ1n) is 5.38. The number of amides is 1. The van der Waals surface area contributed by atoms with E-state index in [-0.39, 0.29) is 5.91 Å². The minimum atomic E-state index is -0.193. The van der Waals surface area contributed by atoms with Crippen LogP contribution in [-0.2, 0) is 6.54 Å². The van der Waals surface area contributed by atoms with Crippen LogP contribution in [0, 0.1) is 18.3 Å². The molecule has 5 heteroatoms. The van der Waals surface area contributed by atoms with Crippen molar-refractivity contribution in [2.45, 2.75) is 13.5 Å². The lowest BCUT2D eigenvalue weighted by atomic mass is 10.1. The Hall–Kier alpha value is -2.19. The Kier molecular flexibility index (Phi) is 3.70. The molecule has 1 N–H and O–H groups in total. The van der Waals surface area contributed by atoms with Gasteiger partial charge in [-0.05, 0) is 24.6 Å². The molecule has 0 radical (unpaired) electrons. The van der Waals surface area contributed by atoms with E-state index in [2.05, 4.69) is 16.4 Å². The van der Waals surface area contributed by atoms with Gasteiger partial charge in [-0.15, -0.1) is 11.3 Å². The number of nitrogens with one attached hydrogen (secondary N) is 1. The van der Waals surface area contributed by atoms with Crippen molar-refractivity contribution in [3.63, 3.8) is 0 Å². The molecule has 0 spiro atoms. The number of thiazole rings is 1. The predicted octanol–water partition coefficient (Wildman–Crippen LogP) is 2.25. The molecule has 90 valence electrons. The highest BCUT2D eigenvalue weighted by molar-refractivity contribution is 7.09. The van der Waals surface area contributed by atoms with Crippen molar-refractivity contribution in [3.8, 4) is 6.07 Å². The highest BCUT2D eigenvalue weighted by Crippen LogP contribution is 2.08. The molecule has 2 rings (SSSR count). The number of carbonyl (C=O) groups is 1. The largest absolute Gasteiger partial charge is 0.347 e. The van der Waals surface area contributed by atoms with Crippen molar-refractivity contribution in [2.75, 3.05) is 0 Å². The van der Waals surface area contributed by atoms with E-state index in [1.54, 1.807) is 23.6 Å². The second kappa shape index (κ2) is 5.43. The van der Waals surface area contributed by atoms with Crippen molar-refractivity contribution in [1.29, 1.82) is 5.26 Å². The molecule has 0 atom stereocenters. The van der Waals surface area contributed by atoms with E-state index in [4.69, 9.17) is 5.26 Å². The Morgan fingerprint density at radius 2 is 2.39 bits per heavy atom. The molecule has 1 amide bonds. The fourth-order valence-corrected chi connectivity index (χ4v) is 2.08. The minimum absolute atomic E-state index is 0.193. The smallest absolute Gasteiger partial charge is 0.271 e. The number of rotatable bonds is 3. The second-order valence-electron chi connectivity index (χ2n) is 3.75. The predicted molar refractivity (Wildman–Crippen MR) is 69.2 cm³/mol. The molecule has 0 saturated heterocycles. The van der Waals surface area contributed by atoms with Crippen molar-refractivity contribution in [1.82, 2.24) is 10.3 Å². The number of aromatic nitrogens is 1. The van der Waals surface area contributed by atoms with Gasteiger partial charge in [0, 0.05) is 11.9 Å². The molecule has 0 unspecified atom stereocenters. The van der Waals surface area contributed by atoms with Crippen LogP contribution in [0.2, 0.25) is 0 Å². The Morgan fingerprint density at radius 3 is 3.06 bits per heavy atom. The van der Waals surface area contributed by atoms with Gasteiger partial charge in [0.05, 0.1) is 16.6 Å². The Labute approximate surface area is 109 Å². The van der Waals surface area contributed by atoms with Crippen LogP contribution in [-0.4, -0.2) is 10.9 Å². The highest BCUT2D eigenvalue weighted by Gasteiger charge is 2.08. The van der Waals surface area contributed by atoms with E-state index in [0.717, 1.165) is 10.6 Å². The maximum atomic E-state index is 11.8. The van der Waals surface area contributed by atoms with Crippen LogP contribution in [0.5, 0.6) is 0 Å². The number of aryl methyl sites for hydroxylation is 1. The van der Waals surface area contributed by atoms with Crippen LogP contribution < -0.4 is 5.32 Å². The monoisotopic (exact) mass is 257 g/mol. The quantitative estimate of drug-likeness (QED) is 0.917. The van der Waals surface area contributed by atoms with E-state index >= 15 is 0 Å². The third kappa shape index (κ3) is 2.93. The molecule has 0 aliphatic heterocycles. The number of carbonyl (C=O) groups excluding carboxylic acids is 1. The summed E-state index contributed by atoms with van der Waals surface area (Å²) in [5.74, 6) is -0.193. The van der Waals surface area contributed by atoms with E-state index in [0.29, 0.717) is 17.8 Å². The topological polar surface area (TPSA) is 65.8 Å². The summed E-state index contributed by atoms with van der Waals surface area (Å²) in [5.41, 5.74) is 1.93. The normalized spacial score (nSPS) is 9.78. The Bertz CT molecular complexity index is 613. The molecule has 18 heavy (non-hydrogen) atoms. The summed E-state index contributed by atoms with van der Waals surface area (Å²) < 4.78 is 0. The van der Waals surface area contributed by atoms with Crippen LogP contribution in [0.15, 0.2) is 29.6 Å². The van der Waals surface area contributed by atoms with Gasteiger partial charge in [0.2, 0.25) is 0 Å². The van der Waals surface area contributed by atoms with E-state index in [9.17, 15) is 4.79 Å². The molecule has 1 heterocycles. The first kappa shape index (κ1) is 12.3. The van der Waals surface area contributed by atoms with Gasteiger partial charge in [0.15, 0.2) is 0 Å². The summed E-state index contributed by atoms with van der Waals surface area (Å²) >= 11 is 1.45. The molecule has 0 bridgehead atoms. The van der Waals surface area contributed by atoms with Crippen LogP contribution in [0.4, 0.5) is 0 Å². The van der Waals surface area contributed by atoms with Crippen LogP contribution in [0.1, 0.15) is 26.6 Å². The van der Waals surface area contributed by atoms with Gasteiger partial charge in [-0.2, -0.15) is 5.26 Å². The second-order valence-corrected chi connectivity index (χ2v) is 4.81. The molecular weight excluding hydrogens is 246 g/mol. The number of nitrogens with zero attached hydrogens (tertiary/aromatic N) is 2. The van der Waals surface area contributed by atoms with Crippen molar-refractivity contribution < 1.29 is 4.79 Å². The van der Waals surface area contributed by atoms with Crippen LogP contribution in [0.3, 0.4) is 0 Å². The standard InChI is InChI=1S/C13H11N3OS/c1-9-16-12(8-18-9)13(17)15-7-11-4-2-3-10(5-11)6-14/h2-5,8H,7H2,1H3,(H,15,17). The highest BCUT2D eigenvalue weighted by atomic mass is 32.1. The average molecular weight is 257 g/mol. The fourth-order valence-electron chi connectivity index (χ4n) is 1.49. The third-order valence-electron chi connectivity index (χ3n) is 2.36. The summed E-state index contributed by atoms with van der Waals surface area (Å²) in [4.78, 5) is 15.9. The summed E-state index contributed by atoms with van der Waals surface area (Å²) in [6, 6.07) is 9.22. The van der Waals surface area contributed by atoms with Gasteiger partial charge < -0.3 is 5.32 Å². The molecule has 0 fully saturated rings. The van der Waals surface area contributed by atoms with Crippen molar-refractivity contribution >= 4 is 17.2 Å². The lowest BCUT2D eigenvalue weighted by Crippen LogP contribution is -2.23. The molecule has 2 aromatic rings. The van der Waals surface area contributed by atoms with Gasteiger partial charge >= 0.3 is 0 Å². The molecule has 0 aliphatic carbocycles. The zero-order chi connectivity index (χ0) is 13.0. The zero-order valence-corrected chi connectivity index (χ0v) is 10.6. The van der Waals surface area contributed by atoms with Gasteiger partial charge in [0.1, 0.15) is 5.69 Å². The van der Waals surface area contributed by atoms with E-state index in [1.165, 1.54) is 11.3 Å². The Balaban J connectivity index is 1.99. The lowest BCUT2D eigenvalue weighted by Gasteiger charge is -2.03. The summed E-state index contributed by atoms with van der Waals surface area (Å²) in [7, 11) is 0. The number of hydrogen-bond donors (Lipinski definition) is 1. The number of nitriles is 1. The van der Waals surface area contributed by atoms with E-state index < -0.39 is 0 Å². The molecular formula is C13H11N3OS. The third-order valence-corrected chi connectivity index (χ3v) is 3.13. The van der Waals surface area contributed by atoms with Gasteiger partial charge in [-0.1, -0.05) is 12.1 Å². The minimum Gasteiger partial charge on any atom is -0.347 e. The molecule has 0 aliphatic rings. The fraction of sp³-hybridized carbons (Fsp3) is 0.154. The molecule has 1 aromatic carbocycles. The number of benzene rings is 1. The summed E-state index contributed by atoms with van der Waals surface area (Å²) in [6.07, 6.45) is 0. The molecule has 0 saturated carbocycles. The first-order chi connectivity index (χ1) is 8.69. The molecule has 1 aromatic heterocycles. The number of hydrogen-bond acceptors (Lipinski definition) is 4. The van der Waals surface area contributed by atoms with Crippen molar-refractivity contribution in [3.05, 3.63) is 51.5 Å². The average Bonchev–Trinajstić information content (AvgIpc) is 2.83. The summed E-state index contributed by atoms with van der Waals surface area (Å²) in [6.45, 7) is 2.25. The van der Waals surface area contributed by atoms with Crippen molar-refractivity contribution in [2.24, 2.45) is 0 Å². The van der Waals surface area contributed by atoms with Crippen LogP contribution in [0.25, 0.3) is 0 Å². The van der Waals surface area contributed by atoms with Gasteiger partial charge in [-0.3, -0.25) is 4.79 Å². The maximum absolute atomic E-state index is 11.8. The first-order valence-corrected chi connectivity index (χ1v) is 6.26. The molecule has 4 nitrogen and oxygen atoms in total.